The molecule has 2 aliphatic heterocycles. The van der Waals surface area contributed by atoms with Crippen molar-refractivity contribution in [3.63, 3.8) is 0 Å². The third-order valence-electron chi connectivity index (χ3n) is 13.8. The molecule has 2 heterocycles. The van der Waals surface area contributed by atoms with Gasteiger partial charge < -0.3 is 19.3 Å². The maximum absolute atomic E-state index is 7.14. The summed E-state index contributed by atoms with van der Waals surface area (Å²) in [6, 6.07) is 77.8. The number of allylic oxidation sites excluding steroid dienone is 6. The molecule has 0 spiro atoms. The van der Waals surface area contributed by atoms with Crippen LogP contribution in [0.3, 0.4) is 0 Å². The number of benzene rings is 9. The summed E-state index contributed by atoms with van der Waals surface area (Å²) in [7, 11) is 0. The Morgan fingerprint density at radius 2 is 0.896 bits per heavy atom. The Morgan fingerprint density at radius 3 is 1.60 bits per heavy atom. The van der Waals surface area contributed by atoms with E-state index >= 15 is 0 Å². The minimum absolute atomic E-state index is 0.00643. The zero-order chi connectivity index (χ0) is 44.3. The summed E-state index contributed by atoms with van der Waals surface area (Å²) in [4.78, 5) is 4.80. The normalized spacial score (nSPS) is 16.2. The van der Waals surface area contributed by atoms with Crippen LogP contribution in [-0.4, -0.2) is 6.71 Å². The Bertz CT molecular complexity index is 3470. The molecule has 67 heavy (non-hydrogen) atoms. The maximum Gasteiger partial charge on any atom is 0.257 e. The predicted octanol–water partition coefficient (Wildman–Crippen LogP) is 14.6. The van der Waals surface area contributed by atoms with Crippen molar-refractivity contribution in [2.75, 3.05) is 9.80 Å². The molecule has 0 radical (unpaired) electrons. The zero-order valence-corrected chi connectivity index (χ0v) is 36.6. The number of para-hydroxylation sites is 2. The minimum atomic E-state index is -0.124. The Labute approximate surface area is 391 Å². The lowest BCUT2D eigenvalue weighted by atomic mass is 9.31. The molecule has 0 aromatic heterocycles. The third kappa shape index (κ3) is 6.62. The second-order valence-electron chi connectivity index (χ2n) is 17.5. The van der Waals surface area contributed by atoms with Crippen LogP contribution in [-0.2, 0) is 0 Å². The first-order valence-electron chi connectivity index (χ1n) is 23.1. The molecule has 0 N–H and O–H groups in total. The fourth-order valence-corrected chi connectivity index (χ4v) is 10.8. The Hall–Kier alpha value is -8.54. The molecule has 316 valence electrons. The summed E-state index contributed by atoms with van der Waals surface area (Å²) in [5, 5.41) is 2.30. The van der Waals surface area contributed by atoms with E-state index in [1.807, 2.05) is 0 Å². The molecule has 2 atom stereocenters. The molecule has 2 unspecified atom stereocenters. The summed E-state index contributed by atoms with van der Waals surface area (Å²) >= 11 is 0. The number of hydrogen-bond acceptors (Lipinski definition) is 4. The van der Waals surface area contributed by atoms with Crippen LogP contribution in [0.1, 0.15) is 0 Å². The van der Waals surface area contributed by atoms with E-state index in [0.29, 0.717) is 0 Å². The summed E-state index contributed by atoms with van der Waals surface area (Å²) in [6.07, 6.45) is 11.5. The van der Waals surface area contributed by atoms with Gasteiger partial charge in [0.2, 0.25) is 0 Å². The Balaban J connectivity index is 1.01. The highest BCUT2D eigenvalue weighted by Crippen LogP contribution is 2.50. The molecule has 2 aliphatic carbocycles. The van der Waals surface area contributed by atoms with E-state index < -0.39 is 0 Å². The first kappa shape index (κ1) is 38.9. The number of fused-ring (bicyclic) bond motifs is 7. The van der Waals surface area contributed by atoms with Gasteiger partial charge in [0.25, 0.3) is 6.71 Å². The third-order valence-corrected chi connectivity index (χ3v) is 13.8. The van der Waals surface area contributed by atoms with Gasteiger partial charge in [-0.25, -0.2) is 0 Å². The van der Waals surface area contributed by atoms with Gasteiger partial charge in [-0.05, 0) is 99.2 Å². The molecule has 0 saturated heterocycles. The molecule has 9 aromatic carbocycles. The number of ether oxygens (including phenoxy) is 2. The number of hydrogen-bond donors (Lipinski definition) is 0. The van der Waals surface area contributed by atoms with Gasteiger partial charge in [-0.15, -0.1) is 0 Å². The number of anilines is 5. The predicted molar refractivity (Wildman–Crippen MR) is 277 cm³/mol. The average molecular weight is 859 g/mol. The van der Waals surface area contributed by atoms with Gasteiger partial charge in [-0.1, -0.05) is 176 Å². The van der Waals surface area contributed by atoms with Crippen LogP contribution in [0, 0.1) is 11.8 Å². The van der Waals surface area contributed by atoms with Gasteiger partial charge >= 0.3 is 0 Å². The van der Waals surface area contributed by atoms with Crippen LogP contribution >= 0.6 is 0 Å². The van der Waals surface area contributed by atoms with Crippen molar-refractivity contribution < 1.29 is 9.47 Å². The summed E-state index contributed by atoms with van der Waals surface area (Å²) in [5.41, 5.74) is 14.7. The standard InChI is InChI=1S/C62H43BN2O2/c1-5-19-42(20-6-1)44-35-37-48(38-36-44)64(46-24-9-3-10-25-46)54-40-58-60(52-31-15-13-29-50(52)54)63-61-53-32-16-14-30-51(53)55(41-59(61)67-57-34-18-33-56(66-58)62(57)63)65(47-26-11-4-12-27-47)49-28-17-23-45(39-49)43-21-7-2-8-22-43/h1-41,50,52H. The lowest BCUT2D eigenvalue weighted by Gasteiger charge is -2.44. The monoisotopic (exact) mass is 858 g/mol. The summed E-state index contributed by atoms with van der Waals surface area (Å²) in [5.74, 6) is 3.42. The van der Waals surface area contributed by atoms with Crippen LogP contribution in [0.4, 0.5) is 28.4 Å². The molecular weight excluding hydrogens is 816 g/mol. The van der Waals surface area contributed by atoms with Crippen molar-refractivity contribution in [1.82, 2.24) is 0 Å². The molecular formula is C62H43BN2O2. The second-order valence-corrected chi connectivity index (χ2v) is 17.5. The van der Waals surface area contributed by atoms with Crippen LogP contribution in [0.2, 0.25) is 0 Å². The van der Waals surface area contributed by atoms with E-state index in [1.54, 1.807) is 0 Å². The van der Waals surface area contributed by atoms with Crippen molar-refractivity contribution in [2.24, 2.45) is 11.8 Å². The van der Waals surface area contributed by atoms with Gasteiger partial charge in [0.1, 0.15) is 23.0 Å². The van der Waals surface area contributed by atoms with E-state index in [1.165, 1.54) is 22.2 Å². The lowest BCUT2D eigenvalue weighted by molar-refractivity contribution is 0.411. The Morgan fingerprint density at radius 1 is 0.373 bits per heavy atom. The number of rotatable bonds is 8. The molecule has 5 heteroatoms. The smallest absolute Gasteiger partial charge is 0.257 e. The topological polar surface area (TPSA) is 24.9 Å². The molecule has 9 aromatic rings. The molecule has 13 rings (SSSR count). The Kier molecular flexibility index (Phi) is 9.38. The minimum Gasteiger partial charge on any atom is -0.459 e. The van der Waals surface area contributed by atoms with Gasteiger partial charge in [0, 0.05) is 63.3 Å². The van der Waals surface area contributed by atoms with Gasteiger partial charge in [0.05, 0.1) is 5.69 Å². The average Bonchev–Trinajstić information content (AvgIpc) is 3.40. The zero-order valence-electron chi connectivity index (χ0n) is 36.6. The first-order chi connectivity index (χ1) is 33.2. The molecule has 0 saturated carbocycles. The molecule has 0 bridgehead atoms. The second kappa shape index (κ2) is 16.2. The lowest BCUT2D eigenvalue weighted by Crippen LogP contribution is -2.54. The summed E-state index contributed by atoms with van der Waals surface area (Å²) in [6.45, 7) is -0.124. The van der Waals surface area contributed by atoms with Gasteiger partial charge in [0.15, 0.2) is 0 Å². The van der Waals surface area contributed by atoms with E-state index in [9.17, 15) is 0 Å². The first-order valence-corrected chi connectivity index (χ1v) is 23.1. The quantitative estimate of drug-likeness (QED) is 0.142. The maximum atomic E-state index is 7.14. The van der Waals surface area contributed by atoms with Crippen LogP contribution in [0.25, 0.3) is 33.0 Å². The fourth-order valence-electron chi connectivity index (χ4n) is 10.8. The van der Waals surface area contributed by atoms with Crippen LogP contribution in [0.5, 0.6) is 17.2 Å². The SMILES string of the molecule is C1=CC2C(N(c3ccccc3)c3ccc(-c4ccccc4)cc3)=CC3=C(B4c5c(cccc5Oc5cc(N(c6ccccc6)c6cccc(-c7ccccc7)c6)c6ccccc6c54)O3)C2C=C1. The van der Waals surface area contributed by atoms with Crippen molar-refractivity contribution in [2.45, 2.75) is 0 Å². The van der Waals surface area contributed by atoms with Crippen LogP contribution in [0.15, 0.2) is 266 Å². The highest BCUT2D eigenvalue weighted by molar-refractivity contribution is 6.95. The van der Waals surface area contributed by atoms with Gasteiger partial charge in [-0.3, -0.25) is 0 Å². The van der Waals surface area contributed by atoms with E-state index in [4.69, 9.17) is 9.47 Å². The molecule has 0 fully saturated rings. The van der Waals surface area contributed by atoms with Crippen molar-refractivity contribution in [3.05, 3.63) is 266 Å². The number of nitrogens with zero attached hydrogens (tertiary/aromatic N) is 2. The highest BCUT2D eigenvalue weighted by atomic mass is 16.5. The van der Waals surface area contributed by atoms with Crippen molar-refractivity contribution in [3.8, 4) is 39.5 Å². The molecule has 0 amide bonds. The molecule has 4 nitrogen and oxygen atoms in total. The van der Waals surface area contributed by atoms with Crippen molar-refractivity contribution >= 4 is 56.8 Å². The van der Waals surface area contributed by atoms with E-state index in [0.717, 1.165) is 84.4 Å². The van der Waals surface area contributed by atoms with Gasteiger partial charge in [-0.2, -0.15) is 0 Å². The van der Waals surface area contributed by atoms with E-state index in [2.05, 4.69) is 259 Å². The van der Waals surface area contributed by atoms with Crippen molar-refractivity contribution in [1.29, 1.82) is 0 Å². The van der Waals surface area contributed by atoms with Crippen LogP contribution < -0.4 is 30.2 Å². The largest absolute Gasteiger partial charge is 0.459 e. The van der Waals surface area contributed by atoms with E-state index in [-0.39, 0.29) is 18.5 Å². The summed E-state index contributed by atoms with van der Waals surface area (Å²) < 4.78 is 14.3. The fraction of sp³-hybridized carbons (Fsp3) is 0.0323. The molecule has 4 aliphatic rings. The highest BCUT2D eigenvalue weighted by Gasteiger charge is 2.48.